The highest BCUT2D eigenvalue weighted by Gasteiger charge is 2.24. The van der Waals surface area contributed by atoms with Gasteiger partial charge in [0.25, 0.3) is 0 Å². The molecule has 0 radical (unpaired) electrons. The SMILES string of the molecule is C[C@@H]1CN(Cc2cc(Cl)cc(C(=O)O)c2O)C[C@H](C)O1. The van der Waals surface area contributed by atoms with Crippen molar-refractivity contribution in [1.82, 2.24) is 4.90 Å². The first kappa shape index (κ1) is 15.1. The van der Waals surface area contributed by atoms with Gasteiger partial charge in [0.15, 0.2) is 0 Å². The second-order valence-corrected chi connectivity index (χ2v) is 5.65. The number of phenols is 1. The second kappa shape index (κ2) is 5.99. The number of carboxylic acid groups (broad SMARTS) is 1. The average molecular weight is 300 g/mol. The van der Waals surface area contributed by atoms with Gasteiger partial charge in [-0.05, 0) is 26.0 Å². The summed E-state index contributed by atoms with van der Waals surface area (Å²) in [5.74, 6) is -1.40. The zero-order valence-electron chi connectivity index (χ0n) is 11.5. The van der Waals surface area contributed by atoms with E-state index in [-0.39, 0.29) is 23.5 Å². The molecule has 20 heavy (non-hydrogen) atoms. The molecule has 0 amide bonds. The number of benzene rings is 1. The molecule has 0 spiro atoms. The highest BCUT2D eigenvalue weighted by Crippen LogP contribution is 2.29. The Labute approximate surface area is 122 Å². The number of aromatic hydroxyl groups is 1. The van der Waals surface area contributed by atoms with Gasteiger partial charge in [-0.2, -0.15) is 0 Å². The Morgan fingerprint density at radius 2 is 2.00 bits per heavy atom. The lowest BCUT2D eigenvalue weighted by Gasteiger charge is -2.35. The Balaban J connectivity index is 2.23. The van der Waals surface area contributed by atoms with Gasteiger partial charge in [-0.25, -0.2) is 4.79 Å². The number of rotatable bonds is 3. The molecular formula is C14H18ClNO4. The molecule has 5 nitrogen and oxygen atoms in total. The number of ether oxygens (including phenoxy) is 1. The number of hydrogen-bond acceptors (Lipinski definition) is 4. The maximum Gasteiger partial charge on any atom is 0.339 e. The predicted octanol–water partition coefficient (Wildman–Crippen LogP) is 2.35. The van der Waals surface area contributed by atoms with E-state index in [2.05, 4.69) is 4.90 Å². The molecule has 2 atom stereocenters. The van der Waals surface area contributed by atoms with Gasteiger partial charge in [-0.15, -0.1) is 0 Å². The molecule has 2 N–H and O–H groups in total. The van der Waals surface area contributed by atoms with E-state index < -0.39 is 5.97 Å². The molecule has 0 bridgehead atoms. The normalized spacial score (nSPS) is 23.8. The lowest BCUT2D eigenvalue weighted by atomic mass is 10.1. The summed E-state index contributed by atoms with van der Waals surface area (Å²) in [5.41, 5.74) is 0.359. The third-order valence-electron chi connectivity index (χ3n) is 3.27. The van der Waals surface area contributed by atoms with Crippen molar-refractivity contribution in [3.63, 3.8) is 0 Å². The van der Waals surface area contributed by atoms with Crippen LogP contribution in [-0.2, 0) is 11.3 Å². The number of halogens is 1. The zero-order chi connectivity index (χ0) is 14.9. The maximum absolute atomic E-state index is 11.1. The minimum Gasteiger partial charge on any atom is -0.507 e. The molecule has 1 saturated heterocycles. The number of aromatic carboxylic acids is 1. The first-order valence-electron chi connectivity index (χ1n) is 6.49. The smallest absolute Gasteiger partial charge is 0.339 e. The quantitative estimate of drug-likeness (QED) is 0.896. The summed E-state index contributed by atoms with van der Waals surface area (Å²) in [4.78, 5) is 13.2. The highest BCUT2D eigenvalue weighted by molar-refractivity contribution is 6.31. The van der Waals surface area contributed by atoms with Gasteiger partial charge < -0.3 is 14.9 Å². The molecule has 6 heteroatoms. The molecule has 1 aromatic rings. The van der Waals surface area contributed by atoms with E-state index >= 15 is 0 Å². The molecular weight excluding hydrogens is 282 g/mol. The molecule has 1 aliphatic rings. The third-order valence-corrected chi connectivity index (χ3v) is 3.49. The van der Waals surface area contributed by atoms with Gasteiger partial charge >= 0.3 is 5.97 Å². The van der Waals surface area contributed by atoms with Crippen LogP contribution in [0.1, 0.15) is 29.8 Å². The van der Waals surface area contributed by atoms with E-state index in [4.69, 9.17) is 21.4 Å². The van der Waals surface area contributed by atoms with Crippen LogP contribution in [0.5, 0.6) is 5.75 Å². The van der Waals surface area contributed by atoms with Crippen LogP contribution in [0.4, 0.5) is 0 Å². The summed E-state index contributed by atoms with van der Waals surface area (Å²) in [6.07, 6.45) is 0.220. The van der Waals surface area contributed by atoms with Crippen molar-refractivity contribution in [2.24, 2.45) is 0 Å². The van der Waals surface area contributed by atoms with E-state index in [1.807, 2.05) is 13.8 Å². The van der Waals surface area contributed by atoms with Gasteiger partial charge in [0.05, 0.1) is 12.2 Å². The van der Waals surface area contributed by atoms with Crippen LogP contribution in [0.25, 0.3) is 0 Å². The molecule has 110 valence electrons. The summed E-state index contributed by atoms with van der Waals surface area (Å²) in [5, 5.41) is 19.4. The molecule has 2 rings (SSSR count). The Morgan fingerprint density at radius 3 is 2.55 bits per heavy atom. The second-order valence-electron chi connectivity index (χ2n) is 5.22. The zero-order valence-corrected chi connectivity index (χ0v) is 12.2. The van der Waals surface area contributed by atoms with E-state index in [9.17, 15) is 9.90 Å². The van der Waals surface area contributed by atoms with E-state index in [1.54, 1.807) is 6.07 Å². The van der Waals surface area contributed by atoms with E-state index in [0.29, 0.717) is 17.1 Å². The first-order valence-corrected chi connectivity index (χ1v) is 6.87. The van der Waals surface area contributed by atoms with Crippen LogP contribution in [0.3, 0.4) is 0 Å². The van der Waals surface area contributed by atoms with Crippen molar-refractivity contribution in [2.45, 2.75) is 32.6 Å². The monoisotopic (exact) mass is 299 g/mol. The largest absolute Gasteiger partial charge is 0.507 e. The van der Waals surface area contributed by atoms with E-state index in [0.717, 1.165) is 13.1 Å². The van der Waals surface area contributed by atoms with Crippen molar-refractivity contribution in [2.75, 3.05) is 13.1 Å². The fourth-order valence-electron chi connectivity index (χ4n) is 2.59. The third kappa shape index (κ3) is 3.42. The van der Waals surface area contributed by atoms with Crippen LogP contribution >= 0.6 is 11.6 Å². The topological polar surface area (TPSA) is 70.0 Å². The fourth-order valence-corrected chi connectivity index (χ4v) is 2.83. The molecule has 0 saturated carbocycles. The number of nitrogens with zero attached hydrogens (tertiary/aromatic N) is 1. The Hall–Kier alpha value is -1.30. The summed E-state index contributed by atoms with van der Waals surface area (Å²) < 4.78 is 5.65. The van der Waals surface area contributed by atoms with Crippen molar-refractivity contribution in [3.05, 3.63) is 28.3 Å². The van der Waals surface area contributed by atoms with Gasteiger partial charge in [0, 0.05) is 30.2 Å². The van der Waals surface area contributed by atoms with Gasteiger partial charge in [0.1, 0.15) is 11.3 Å². The van der Waals surface area contributed by atoms with Crippen LogP contribution in [0, 0.1) is 0 Å². The average Bonchev–Trinajstić information content (AvgIpc) is 2.31. The summed E-state index contributed by atoms with van der Waals surface area (Å²) >= 11 is 5.92. The molecule has 1 fully saturated rings. The maximum atomic E-state index is 11.1. The minimum atomic E-state index is -1.19. The van der Waals surface area contributed by atoms with Crippen molar-refractivity contribution < 1.29 is 19.7 Å². The van der Waals surface area contributed by atoms with Crippen molar-refractivity contribution in [1.29, 1.82) is 0 Å². The molecule has 1 aliphatic heterocycles. The van der Waals surface area contributed by atoms with Crippen molar-refractivity contribution in [3.8, 4) is 5.75 Å². The Bertz CT molecular complexity index is 510. The van der Waals surface area contributed by atoms with Gasteiger partial charge in [-0.3, -0.25) is 4.90 Å². The van der Waals surface area contributed by atoms with E-state index in [1.165, 1.54) is 6.07 Å². The Morgan fingerprint density at radius 1 is 1.40 bits per heavy atom. The fraction of sp³-hybridized carbons (Fsp3) is 0.500. The number of hydrogen-bond donors (Lipinski definition) is 2. The summed E-state index contributed by atoms with van der Waals surface area (Å²) in [6.45, 7) is 5.90. The predicted molar refractivity (Wildman–Crippen MR) is 75.4 cm³/mol. The molecule has 0 aliphatic carbocycles. The van der Waals surface area contributed by atoms with Crippen LogP contribution in [0.15, 0.2) is 12.1 Å². The lowest BCUT2D eigenvalue weighted by molar-refractivity contribution is -0.0706. The summed E-state index contributed by atoms with van der Waals surface area (Å²) in [6, 6.07) is 2.86. The van der Waals surface area contributed by atoms with Gasteiger partial charge in [0.2, 0.25) is 0 Å². The van der Waals surface area contributed by atoms with Crippen LogP contribution < -0.4 is 0 Å². The first-order chi connectivity index (χ1) is 9.36. The highest BCUT2D eigenvalue weighted by atomic mass is 35.5. The van der Waals surface area contributed by atoms with Crippen molar-refractivity contribution >= 4 is 17.6 Å². The molecule has 1 heterocycles. The Kier molecular flexibility index (Phi) is 4.52. The van der Waals surface area contributed by atoms with Crippen LogP contribution in [-0.4, -0.2) is 46.4 Å². The molecule has 0 aromatic heterocycles. The number of carboxylic acids is 1. The standard InChI is InChI=1S/C14H18ClNO4/c1-8-5-16(6-9(2)20-8)7-10-3-11(15)4-12(13(10)17)14(18)19/h3-4,8-9,17H,5-7H2,1-2H3,(H,18,19)/t8-,9+. The summed E-state index contributed by atoms with van der Waals surface area (Å²) in [7, 11) is 0. The molecule has 0 unspecified atom stereocenters. The molecule has 1 aromatic carbocycles. The van der Waals surface area contributed by atoms with Gasteiger partial charge in [-0.1, -0.05) is 11.6 Å². The minimum absolute atomic E-state index is 0.110. The lowest BCUT2D eigenvalue weighted by Crippen LogP contribution is -2.44. The number of carbonyl (C=O) groups is 1. The number of morpholine rings is 1. The van der Waals surface area contributed by atoms with Crippen LogP contribution in [0.2, 0.25) is 5.02 Å².